The zero-order valence-electron chi connectivity index (χ0n) is 17.8. The first-order valence-corrected chi connectivity index (χ1v) is 12.1. The number of likely N-dealkylation sites (tertiary alicyclic amines) is 1. The van der Waals surface area contributed by atoms with E-state index in [0.717, 1.165) is 56.1 Å². The van der Waals surface area contributed by atoms with Crippen LogP contribution in [0, 0.1) is 22.6 Å². The van der Waals surface area contributed by atoms with Gasteiger partial charge in [0.1, 0.15) is 11.9 Å². The number of aromatic nitrogens is 1. The second-order valence-electron chi connectivity index (χ2n) is 9.37. The molecule has 1 aromatic carbocycles. The van der Waals surface area contributed by atoms with Gasteiger partial charge in [-0.25, -0.2) is 9.37 Å². The topological polar surface area (TPSA) is 98.1 Å². The van der Waals surface area contributed by atoms with Crippen molar-refractivity contribution < 1.29 is 14.0 Å². The maximum atomic E-state index is 13.4. The fraction of sp³-hybridized carbons (Fsp3) is 0.565. The summed E-state index contributed by atoms with van der Waals surface area (Å²) < 4.78 is 14.2. The fourth-order valence-electron chi connectivity index (χ4n) is 5.54. The third kappa shape index (κ3) is 3.76. The van der Waals surface area contributed by atoms with Gasteiger partial charge in [0.15, 0.2) is 5.13 Å². The summed E-state index contributed by atoms with van der Waals surface area (Å²) >= 11 is 1.29. The van der Waals surface area contributed by atoms with Crippen LogP contribution in [0.1, 0.15) is 51.4 Å². The van der Waals surface area contributed by atoms with Crippen molar-refractivity contribution in [1.29, 1.82) is 5.26 Å². The second kappa shape index (κ2) is 8.09. The van der Waals surface area contributed by atoms with Crippen LogP contribution in [0.4, 0.5) is 9.52 Å². The van der Waals surface area contributed by atoms with Crippen molar-refractivity contribution in [3.8, 4) is 6.07 Å². The van der Waals surface area contributed by atoms with E-state index in [1.807, 2.05) is 0 Å². The fourth-order valence-corrected chi connectivity index (χ4v) is 6.42. The Morgan fingerprint density at radius 2 is 2.00 bits per heavy atom. The standard InChI is InChI=1S/C23H26FN5O2S/c24-15-3-4-17-18(12-15)32-21(27-17)28-20(31)22-5-8-23(9-6-22,10-7-22)26-14-19(30)29-11-1-2-16(29)13-25/h3-4,12,16,26H,1-2,5-11,14H2,(H,27,28,31). The van der Waals surface area contributed by atoms with Crippen LogP contribution in [0.3, 0.4) is 0 Å². The number of fused-ring (bicyclic) bond motifs is 4. The van der Waals surface area contributed by atoms with Gasteiger partial charge in [0, 0.05) is 17.5 Å². The summed E-state index contributed by atoms with van der Waals surface area (Å²) in [5.41, 5.74) is 0.172. The molecule has 168 valence electrons. The van der Waals surface area contributed by atoms with Crippen LogP contribution in [0.2, 0.25) is 0 Å². The Labute approximate surface area is 190 Å². The zero-order valence-corrected chi connectivity index (χ0v) is 18.6. The second-order valence-corrected chi connectivity index (χ2v) is 10.4. The monoisotopic (exact) mass is 455 g/mol. The number of anilines is 1. The molecule has 2 heterocycles. The van der Waals surface area contributed by atoms with E-state index >= 15 is 0 Å². The first-order valence-electron chi connectivity index (χ1n) is 11.2. The summed E-state index contributed by atoms with van der Waals surface area (Å²) in [4.78, 5) is 31.9. The molecule has 7 nitrogen and oxygen atoms in total. The number of nitriles is 1. The summed E-state index contributed by atoms with van der Waals surface area (Å²) in [7, 11) is 0. The molecule has 4 fully saturated rings. The van der Waals surface area contributed by atoms with Crippen LogP contribution < -0.4 is 10.6 Å². The number of halogens is 1. The van der Waals surface area contributed by atoms with E-state index in [2.05, 4.69) is 21.7 Å². The van der Waals surface area contributed by atoms with Gasteiger partial charge in [-0.3, -0.25) is 9.59 Å². The van der Waals surface area contributed by atoms with E-state index in [1.54, 1.807) is 11.0 Å². The Kier molecular flexibility index (Phi) is 5.38. The lowest BCUT2D eigenvalue weighted by atomic mass is 9.57. The first kappa shape index (κ1) is 21.3. The lowest BCUT2D eigenvalue weighted by molar-refractivity contribution is -0.135. The van der Waals surface area contributed by atoms with Crippen molar-refractivity contribution in [3.63, 3.8) is 0 Å². The lowest BCUT2D eigenvalue weighted by Gasteiger charge is -2.52. The van der Waals surface area contributed by atoms with Crippen molar-refractivity contribution in [2.24, 2.45) is 5.41 Å². The van der Waals surface area contributed by atoms with Gasteiger partial charge in [0.2, 0.25) is 11.8 Å². The van der Waals surface area contributed by atoms with Gasteiger partial charge in [0.25, 0.3) is 0 Å². The van der Waals surface area contributed by atoms with E-state index in [9.17, 15) is 19.2 Å². The molecule has 0 radical (unpaired) electrons. The molecule has 32 heavy (non-hydrogen) atoms. The zero-order chi connectivity index (χ0) is 22.3. The van der Waals surface area contributed by atoms with Crippen molar-refractivity contribution in [2.45, 2.75) is 62.9 Å². The highest BCUT2D eigenvalue weighted by Gasteiger charge is 2.52. The molecule has 0 spiro atoms. The smallest absolute Gasteiger partial charge is 0.237 e. The highest BCUT2D eigenvalue weighted by Crippen LogP contribution is 2.53. The van der Waals surface area contributed by atoms with Crippen LogP contribution in [0.15, 0.2) is 18.2 Å². The predicted octanol–water partition coefficient (Wildman–Crippen LogP) is 3.57. The molecule has 1 atom stereocenters. The molecule has 2 amide bonds. The molecule has 2 N–H and O–H groups in total. The highest BCUT2D eigenvalue weighted by atomic mass is 32.1. The molecule has 1 aliphatic heterocycles. The molecule has 1 unspecified atom stereocenters. The van der Waals surface area contributed by atoms with Crippen LogP contribution in [0.25, 0.3) is 10.2 Å². The number of nitrogens with zero attached hydrogens (tertiary/aromatic N) is 3. The summed E-state index contributed by atoms with van der Waals surface area (Å²) in [5, 5.41) is 16.2. The SMILES string of the molecule is N#CC1CCCN1C(=O)CNC12CCC(C(=O)Nc3nc4ccc(F)cc4s3)(CC1)CC2. The summed E-state index contributed by atoms with van der Waals surface area (Å²) in [6, 6.07) is 6.36. The predicted molar refractivity (Wildman–Crippen MR) is 119 cm³/mol. The van der Waals surface area contributed by atoms with E-state index < -0.39 is 5.41 Å². The first-order chi connectivity index (χ1) is 15.4. The summed E-state index contributed by atoms with van der Waals surface area (Å²) in [6.07, 6.45) is 6.49. The van der Waals surface area contributed by atoms with E-state index in [-0.39, 0.29) is 35.8 Å². The molecule has 6 rings (SSSR count). The Bertz CT molecular complexity index is 1080. The number of rotatable bonds is 5. The molecule has 9 heteroatoms. The minimum Gasteiger partial charge on any atom is -0.326 e. The van der Waals surface area contributed by atoms with Crippen LogP contribution in [-0.2, 0) is 9.59 Å². The third-order valence-corrected chi connectivity index (χ3v) is 8.57. The number of carbonyl (C=O) groups is 2. The van der Waals surface area contributed by atoms with Crippen molar-refractivity contribution in [1.82, 2.24) is 15.2 Å². The molecule has 2 aromatic rings. The number of nitrogens with one attached hydrogen (secondary N) is 2. The van der Waals surface area contributed by atoms with Gasteiger partial charge in [0.05, 0.1) is 22.8 Å². The van der Waals surface area contributed by atoms with Gasteiger partial charge in [-0.2, -0.15) is 5.26 Å². The van der Waals surface area contributed by atoms with Crippen LogP contribution in [-0.4, -0.2) is 46.4 Å². The average Bonchev–Trinajstić information content (AvgIpc) is 3.45. The van der Waals surface area contributed by atoms with Gasteiger partial charge < -0.3 is 15.5 Å². The number of thiazole rings is 1. The number of carbonyl (C=O) groups excluding carboxylic acids is 2. The molecule has 4 aliphatic rings. The number of benzene rings is 1. The Morgan fingerprint density at radius 3 is 2.72 bits per heavy atom. The van der Waals surface area contributed by atoms with Crippen molar-refractivity contribution in [3.05, 3.63) is 24.0 Å². The Morgan fingerprint density at radius 1 is 1.25 bits per heavy atom. The van der Waals surface area contributed by atoms with E-state index in [4.69, 9.17) is 0 Å². The highest BCUT2D eigenvalue weighted by molar-refractivity contribution is 7.22. The van der Waals surface area contributed by atoms with E-state index in [1.165, 1.54) is 23.5 Å². The molecule has 3 saturated carbocycles. The van der Waals surface area contributed by atoms with Crippen LogP contribution >= 0.6 is 11.3 Å². The minimum absolute atomic E-state index is 0.00384. The number of hydrogen-bond acceptors (Lipinski definition) is 6. The van der Waals surface area contributed by atoms with Crippen molar-refractivity contribution in [2.75, 3.05) is 18.4 Å². The van der Waals surface area contributed by atoms with Gasteiger partial charge in [-0.1, -0.05) is 11.3 Å². The quantitative estimate of drug-likeness (QED) is 0.718. The van der Waals surface area contributed by atoms with Crippen molar-refractivity contribution >= 4 is 38.5 Å². The molecular weight excluding hydrogens is 429 g/mol. The number of hydrogen-bond donors (Lipinski definition) is 2. The van der Waals surface area contributed by atoms with Gasteiger partial charge in [-0.05, 0) is 69.6 Å². The third-order valence-electron chi connectivity index (χ3n) is 7.64. The van der Waals surface area contributed by atoms with Gasteiger partial charge >= 0.3 is 0 Å². The molecule has 3 aliphatic carbocycles. The lowest BCUT2D eigenvalue weighted by Crippen LogP contribution is -2.59. The number of amides is 2. The molecule has 2 bridgehead atoms. The van der Waals surface area contributed by atoms with Crippen LogP contribution in [0.5, 0.6) is 0 Å². The largest absolute Gasteiger partial charge is 0.326 e. The summed E-state index contributed by atoms with van der Waals surface area (Å²) in [5.74, 6) is -0.321. The Balaban J connectivity index is 1.19. The van der Waals surface area contributed by atoms with Gasteiger partial charge in [-0.15, -0.1) is 0 Å². The molecule has 1 saturated heterocycles. The summed E-state index contributed by atoms with van der Waals surface area (Å²) in [6.45, 7) is 0.910. The maximum absolute atomic E-state index is 13.4. The minimum atomic E-state index is -0.405. The molecular formula is C23H26FN5O2S. The van der Waals surface area contributed by atoms with E-state index in [0.29, 0.717) is 17.2 Å². The normalized spacial score (nSPS) is 29.2. The average molecular weight is 456 g/mol. The Hall–Kier alpha value is -2.57. The maximum Gasteiger partial charge on any atom is 0.237 e. The molecule has 1 aromatic heterocycles.